The number of rotatable bonds is 1. The number of benzene rings is 1. The van der Waals surface area contributed by atoms with Crippen molar-refractivity contribution in [2.24, 2.45) is 0 Å². The van der Waals surface area contributed by atoms with Crippen molar-refractivity contribution in [1.82, 2.24) is 0 Å². The molecule has 5 heteroatoms. The van der Waals surface area contributed by atoms with Crippen molar-refractivity contribution in [2.75, 3.05) is 4.90 Å². The fourth-order valence-corrected chi connectivity index (χ4v) is 1.77. The zero-order valence-corrected chi connectivity index (χ0v) is 13.3. The first kappa shape index (κ1) is 15.4. The molecule has 2 aliphatic rings. The minimum absolute atomic E-state index is 0.478. The molecule has 0 saturated carbocycles. The van der Waals surface area contributed by atoms with Crippen molar-refractivity contribution < 1.29 is 19.1 Å². The summed E-state index contributed by atoms with van der Waals surface area (Å²) in [4.78, 5) is 25.6. The molecule has 5 nitrogen and oxygen atoms in total. The summed E-state index contributed by atoms with van der Waals surface area (Å²) >= 11 is 0. The number of imide groups is 1. The molecule has 0 bridgehead atoms. The lowest BCUT2D eigenvalue weighted by Crippen LogP contribution is -2.43. The van der Waals surface area contributed by atoms with Gasteiger partial charge in [0.25, 0.3) is 0 Å². The fourth-order valence-electron chi connectivity index (χ4n) is 1.77. The van der Waals surface area contributed by atoms with Crippen molar-refractivity contribution in [2.45, 2.75) is 52.7 Å². The number of carbonyl (C=O) groups excluding carboxylic acids is 2. The Morgan fingerprint density at radius 1 is 0.810 bits per heavy atom. The summed E-state index contributed by atoms with van der Waals surface area (Å²) in [5.41, 5.74) is 1.16. The number of hydrogen-bond acceptors (Lipinski definition) is 4. The second-order valence-electron chi connectivity index (χ2n) is 7.06. The monoisotopic (exact) mass is 291 g/mol. The normalized spacial score (nSPS) is 12.7. The predicted octanol–water partition coefficient (Wildman–Crippen LogP) is 4.34. The summed E-state index contributed by atoms with van der Waals surface area (Å²) in [6.07, 6.45) is -1.47. The molecule has 0 N–H and O–H groups in total. The van der Waals surface area contributed by atoms with Crippen LogP contribution in [0.1, 0.15) is 41.5 Å². The second kappa shape index (κ2) is 4.76. The van der Waals surface area contributed by atoms with Gasteiger partial charge in [0.15, 0.2) is 0 Å². The van der Waals surface area contributed by atoms with E-state index in [1.165, 1.54) is 0 Å². The van der Waals surface area contributed by atoms with Gasteiger partial charge in [0.2, 0.25) is 0 Å². The maximum absolute atomic E-state index is 12.3. The summed E-state index contributed by atoms with van der Waals surface area (Å²) in [6, 6.07) is 5.50. The Kier molecular flexibility index (Phi) is 3.48. The summed E-state index contributed by atoms with van der Waals surface area (Å²) in [6.45, 7) is 10.5. The van der Waals surface area contributed by atoms with Crippen molar-refractivity contribution in [3.63, 3.8) is 0 Å². The van der Waals surface area contributed by atoms with E-state index < -0.39 is 23.4 Å². The topological polar surface area (TPSA) is 55.8 Å². The first-order chi connectivity index (χ1) is 9.46. The molecule has 0 fully saturated rings. The first-order valence-corrected chi connectivity index (χ1v) is 6.88. The summed E-state index contributed by atoms with van der Waals surface area (Å²) in [5, 5.41) is 0. The Hall–Kier alpha value is -2.04. The molecule has 0 unspecified atom stereocenters. The fraction of sp³-hybridized carbons (Fsp3) is 0.500. The molecule has 0 spiro atoms. The Bertz CT molecular complexity index is 545. The minimum Gasteiger partial charge on any atom is -0.443 e. The number of carbonyl (C=O) groups is 2. The lowest BCUT2D eigenvalue weighted by molar-refractivity contribution is 0.0431. The molecule has 2 aliphatic carbocycles. The summed E-state index contributed by atoms with van der Waals surface area (Å²) in [7, 11) is 0. The quantitative estimate of drug-likeness (QED) is 0.784. The van der Waals surface area contributed by atoms with Gasteiger partial charge in [-0.05, 0) is 70.9 Å². The van der Waals surface area contributed by atoms with E-state index in [9.17, 15) is 9.59 Å². The van der Waals surface area contributed by atoms with Crippen LogP contribution >= 0.6 is 0 Å². The van der Waals surface area contributed by atoms with E-state index >= 15 is 0 Å². The largest absolute Gasteiger partial charge is 0.443 e. The number of nitrogens with zero attached hydrogens (tertiary/aromatic N) is 1. The summed E-state index contributed by atoms with van der Waals surface area (Å²) < 4.78 is 10.6. The highest BCUT2D eigenvalue weighted by Gasteiger charge is 2.34. The van der Waals surface area contributed by atoms with Gasteiger partial charge >= 0.3 is 12.2 Å². The van der Waals surface area contributed by atoms with Crippen LogP contribution in [0.2, 0.25) is 0 Å². The SMILES string of the molecule is CC(C)(C)OC(=O)N(C(=O)OC(C)(C)C)c1cc2cc-2c1. The highest BCUT2D eigenvalue weighted by molar-refractivity contribution is 6.11. The van der Waals surface area contributed by atoms with Gasteiger partial charge in [-0.2, -0.15) is 4.90 Å². The molecule has 2 amide bonds. The molecular formula is C16H21NO4. The third kappa shape index (κ3) is 3.97. The van der Waals surface area contributed by atoms with E-state index in [1.807, 2.05) is 6.07 Å². The summed E-state index contributed by atoms with van der Waals surface area (Å²) in [5.74, 6) is 0. The molecule has 0 aliphatic heterocycles. The molecule has 0 aromatic rings. The average molecular weight is 291 g/mol. The molecule has 0 aromatic heterocycles. The van der Waals surface area contributed by atoms with E-state index in [2.05, 4.69) is 0 Å². The minimum atomic E-state index is -0.734. The maximum Gasteiger partial charge on any atom is 0.424 e. The van der Waals surface area contributed by atoms with Gasteiger partial charge in [0.05, 0.1) is 5.69 Å². The van der Waals surface area contributed by atoms with E-state index in [0.29, 0.717) is 5.69 Å². The molecule has 2 rings (SSSR count). The number of anilines is 1. The zero-order valence-electron chi connectivity index (χ0n) is 13.3. The smallest absolute Gasteiger partial charge is 0.424 e. The van der Waals surface area contributed by atoms with Crippen LogP contribution in [-0.2, 0) is 9.47 Å². The van der Waals surface area contributed by atoms with E-state index in [4.69, 9.17) is 9.47 Å². The third-order valence-corrected chi connectivity index (χ3v) is 2.58. The number of ether oxygens (including phenoxy) is 2. The lowest BCUT2D eigenvalue weighted by Gasteiger charge is -2.28. The second-order valence-corrected chi connectivity index (χ2v) is 7.06. The van der Waals surface area contributed by atoms with Gasteiger partial charge in [-0.25, -0.2) is 9.59 Å². The van der Waals surface area contributed by atoms with E-state index in [0.717, 1.165) is 16.0 Å². The maximum atomic E-state index is 12.3. The standard InChI is InChI=1S/C16H21NO4/c1-15(2,3)20-13(18)17(14(19)21-16(4,5)6)12-8-10-7-11(10)9-12/h7-9H,1-6H3. The Balaban J connectivity index is 2.24. The average Bonchev–Trinajstić information content (AvgIpc) is 2.80. The van der Waals surface area contributed by atoms with Gasteiger partial charge < -0.3 is 9.47 Å². The van der Waals surface area contributed by atoms with Crippen LogP contribution in [0.4, 0.5) is 15.3 Å². The van der Waals surface area contributed by atoms with E-state index in [-0.39, 0.29) is 0 Å². The van der Waals surface area contributed by atoms with Crippen LogP contribution in [0.3, 0.4) is 0 Å². The van der Waals surface area contributed by atoms with Crippen LogP contribution in [0, 0.1) is 0 Å². The van der Waals surface area contributed by atoms with Gasteiger partial charge in [0, 0.05) is 0 Å². The molecule has 21 heavy (non-hydrogen) atoms. The molecule has 0 atom stereocenters. The Morgan fingerprint density at radius 3 is 1.52 bits per heavy atom. The molecule has 0 heterocycles. The van der Waals surface area contributed by atoms with Crippen LogP contribution in [-0.4, -0.2) is 23.4 Å². The van der Waals surface area contributed by atoms with Crippen molar-refractivity contribution in [1.29, 1.82) is 0 Å². The number of hydrogen-bond donors (Lipinski definition) is 0. The molecule has 0 saturated heterocycles. The third-order valence-electron chi connectivity index (χ3n) is 2.58. The van der Waals surface area contributed by atoms with Crippen molar-refractivity contribution >= 4 is 17.9 Å². The van der Waals surface area contributed by atoms with Crippen LogP contribution in [0.15, 0.2) is 18.2 Å². The highest BCUT2D eigenvalue weighted by Crippen LogP contribution is 2.40. The predicted molar refractivity (Wildman–Crippen MR) is 80.4 cm³/mol. The Labute approximate surface area is 124 Å². The van der Waals surface area contributed by atoms with Crippen LogP contribution in [0.5, 0.6) is 0 Å². The van der Waals surface area contributed by atoms with Gasteiger partial charge in [0.1, 0.15) is 11.2 Å². The van der Waals surface area contributed by atoms with Gasteiger partial charge in [-0.15, -0.1) is 0 Å². The Morgan fingerprint density at radius 2 is 1.19 bits per heavy atom. The number of fused-ring (bicyclic) bond motifs is 1. The molecule has 0 radical (unpaired) electrons. The molecule has 114 valence electrons. The van der Waals surface area contributed by atoms with Crippen LogP contribution < -0.4 is 4.90 Å². The first-order valence-electron chi connectivity index (χ1n) is 6.88. The molecular weight excluding hydrogens is 270 g/mol. The van der Waals surface area contributed by atoms with Crippen LogP contribution in [0.25, 0.3) is 11.1 Å². The van der Waals surface area contributed by atoms with Crippen molar-refractivity contribution in [3.8, 4) is 11.1 Å². The van der Waals surface area contributed by atoms with Gasteiger partial charge in [-0.1, -0.05) is 0 Å². The van der Waals surface area contributed by atoms with Crippen molar-refractivity contribution in [3.05, 3.63) is 18.2 Å². The number of amides is 2. The highest BCUT2D eigenvalue weighted by atomic mass is 16.6. The van der Waals surface area contributed by atoms with E-state index in [1.54, 1.807) is 53.7 Å². The molecule has 0 aromatic carbocycles. The zero-order chi connectivity index (χ0) is 16.0. The lowest BCUT2D eigenvalue weighted by atomic mass is 10.2. The van der Waals surface area contributed by atoms with Gasteiger partial charge in [-0.3, -0.25) is 0 Å².